The minimum atomic E-state index is -0.760. The van der Waals surface area contributed by atoms with E-state index in [4.69, 9.17) is 5.11 Å². The lowest BCUT2D eigenvalue weighted by Crippen LogP contribution is -2.53. The molecule has 0 aromatic heterocycles. The summed E-state index contributed by atoms with van der Waals surface area (Å²) in [6, 6.07) is 0.406. The van der Waals surface area contributed by atoms with Gasteiger partial charge < -0.3 is 21.1 Å². The van der Waals surface area contributed by atoms with Gasteiger partial charge in [0.25, 0.3) is 0 Å². The second-order valence-electron chi connectivity index (χ2n) is 4.68. The third-order valence-electron chi connectivity index (χ3n) is 2.66. The summed E-state index contributed by atoms with van der Waals surface area (Å²) in [6.45, 7) is 7.71. The molecule has 0 saturated carbocycles. The zero-order valence-electron chi connectivity index (χ0n) is 9.88. The van der Waals surface area contributed by atoms with Crippen LogP contribution >= 0.6 is 12.4 Å². The Kier molecular flexibility index (Phi) is 6.90. The smallest absolute Gasteiger partial charge is 0.310 e. The fraction of sp³-hybridized carbons (Fsp3) is 0.900. The Morgan fingerprint density at radius 2 is 2.19 bits per heavy atom. The summed E-state index contributed by atoms with van der Waals surface area (Å²) >= 11 is 0. The van der Waals surface area contributed by atoms with Gasteiger partial charge in [-0.2, -0.15) is 0 Å². The predicted molar refractivity (Wildman–Crippen MR) is 66.2 cm³/mol. The van der Waals surface area contributed by atoms with Crippen molar-refractivity contribution in [3.8, 4) is 0 Å². The number of hydrogen-bond acceptors (Lipinski definition) is 4. The molecule has 0 radical (unpaired) electrons. The highest BCUT2D eigenvalue weighted by Crippen LogP contribution is 2.12. The molecule has 1 saturated heterocycles. The molecule has 1 aliphatic heterocycles. The molecular weight excluding hydrogens is 230 g/mol. The van der Waals surface area contributed by atoms with Crippen LogP contribution in [0.1, 0.15) is 13.8 Å². The van der Waals surface area contributed by atoms with Crippen molar-refractivity contribution in [3.05, 3.63) is 0 Å². The van der Waals surface area contributed by atoms with Crippen molar-refractivity contribution in [1.29, 1.82) is 0 Å². The van der Waals surface area contributed by atoms with Crippen LogP contribution in [0.5, 0.6) is 0 Å². The number of rotatable bonds is 5. The highest BCUT2D eigenvalue weighted by molar-refractivity contribution is 5.85. The van der Waals surface area contributed by atoms with E-state index in [1.165, 1.54) is 0 Å². The van der Waals surface area contributed by atoms with E-state index in [1.807, 2.05) is 0 Å². The van der Waals surface area contributed by atoms with E-state index in [1.54, 1.807) is 13.8 Å². The van der Waals surface area contributed by atoms with Gasteiger partial charge in [-0.05, 0) is 13.8 Å². The molecule has 96 valence electrons. The van der Waals surface area contributed by atoms with Gasteiger partial charge >= 0.3 is 5.97 Å². The van der Waals surface area contributed by atoms with E-state index >= 15 is 0 Å². The van der Waals surface area contributed by atoms with Crippen LogP contribution in [0.15, 0.2) is 0 Å². The SMILES string of the molecule is CC(C)(CNCC1CNCCN1)C(=O)O.Cl. The molecule has 0 amide bonds. The number of piperazine rings is 1. The number of carboxylic acid groups (broad SMARTS) is 1. The maximum atomic E-state index is 10.8. The summed E-state index contributed by atoms with van der Waals surface area (Å²) in [5.41, 5.74) is -0.692. The highest BCUT2D eigenvalue weighted by atomic mass is 35.5. The van der Waals surface area contributed by atoms with E-state index in [-0.39, 0.29) is 12.4 Å². The highest BCUT2D eigenvalue weighted by Gasteiger charge is 2.26. The van der Waals surface area contributed by atoms with Gasteiger partial charge in [0.05, 0.1) is 5.41 Å². The molecule has 6 heteroatoms. The maximum Gasteiger partial charge on any atom is 0.310 e. The van der Waals surface area contributed by atoms with Gasteiger partial charge in [0, 0.05) is 38.8 Å². The summed E-state index contributed by atoms with van der Waals surface area (Å²) < 4.78 is 0. The number of hydrogen-bond donors (Lipinski definition) is 4. The van der Waals surface area contributed by atoms with Gasteiger partial charge in [-0.15, -0.1) is 12.4 Å². The van der Waals surface area contributed by atoms with Gasteiger partial charge in [-0.1, -0.05) is 0 Å². The minimum absolute atomic E-state index is 0. The average molecular weight is 252 g/mol. The third-order valence-corrected chi connectivity index (χ3v) is 2.66. The first-order valence-corrected chi connectivity index (χ1v) is 5.40. The van der Waals surface area contributed by atoms with Gasteiger partial charge in [-0.3, -0.25) is 4.79 Å². The lowest BCUT2D eigenvalue weighted by molar-refractivity contribution is -0.146. The van der Waals surface area contributed by atoms with Gasteiger partial charge in [-0.25, -0.2) is 0 Å². The van der Waals surface area contributed by atoms with Crippen molar-refractivity contribution in [2.75, 3.05) is 32.7 Å². The first-order chi connectivity index (χ1) is 7.02. The number of carbonyl (C=O) groups is 1. The first kappa shape index (κ1) is 15.6. The van der Waals surface area contributed by atoms with Crippen LogP contribution in [0, 0.1) is 5.41 Å². The Balaban J connectivity index is 0.00000225. The summed E-state index contributed by atoms with van der Waals surface area (Å²) in [4.78, 5) is 10.8. The Morgan fingerprint density at radius 1 is 1.50 bits per heavy atom. The van der Waals surface area contributed by atoms with Crippen molar-refractivity contribution in [2.24, 2.45) is 5.41 Å². The number of carboxylic acids is 1. The predicted octanol–water partition coefficient (Wildman–Crippen LogP) is -0.330. The Hall–Kier alpha value is -0.360. The standard InChI is InChI=1S/C10H21N3O2.ClH/c1-10(2,9(14)15)7-12-6-8-5-11-3-4-13-8;/h8,11-13H,3-7H2,1-2H3,(H,14,15);1H. The van der Waals surface area contributed by atoms with Crippen molar-refractivity contribution in [2.45, 2.75) is 19.9 Å². The Morgan fingerprint density at radius 3 is 2.69 bits per heavy atom. The lowest BCUT2D eigenvalue weighted by Gasteiger charge is -2.26. The molecule has 4 N–H and O–H groups in total. The quantitative estimate of drug-likeness (QED) is 0.539. The van der Waals surface area contributed by atoms with E-state index in [9.17, 15) is 4.79 Å². The fourth-order valence-electron chi connectivity index (χ4n) is 1.49. The maximum absolute atomic E-state index is 10.8. The largest absolute Gasteiger partial charge is 0.481 e. The van der Waals surface area contributed by atoms with Crippen molar-refractivity contribution < 1.29 is 9.90 Å². The van der Waals surface area contributed by atoms with Crippen molar-refractivity contribution in [1.82, 2.24) is 16.0 Å². The molecule has 1 atom stereocenters. The summed E-state index contributed by atoms with van der Waals surface area (Å²) in [6.07, 6.45) is 0. The average Bonchev–Trinajstić information content (AvgIpc) is 2.19. The molecule has 5 nitrogen and oxygen atoms in total. The first-order valence-electron chi connectivity index (χ1n) is 5.40. The van der Waals surface area contributed by atoms with Crippen LogP contribution in [0.3, 0.4) is 0 Å². The summed E-state index contributed by atoms with van der Waals surface area (Å²) in [5.74, 6) is -0.760. The van der Waals surface area contributed by atoms with E-state index in [0.717, 1.165) is 26.2 Å². The molecule has 0 aromatic rings. The van der Waals surface area contributed by atoms with Crippen LogP contribution in [0.4, 0.5) is 0 Å². The summed E-state index contributed by atoms with van der Waals surface area (Å²) in [5, 5.41) is 18.8. The normalized spacial score (nSPS) is 21.2. The topological polar surface area (TPSA) is 73.4 Å². The van der Waals surface area contributed by atoms with Gasteiger partial charge in [0.15, 0.2) is 0 Å². The molecule has 1 unspecified atom stereocenters. The molecule has 0 aliphatic carbocycles. The molecule has 1 aliphatic rings. The number of aliphatic carboxylic acids is 1. The monoisotopic (exact) mass is 251 g/mol. The van der Waals surface area contributed by atoms with Crippen LogP contribution in [0.2, 0.25) is 0 Å². The molecule has 1 fully saturated rings. The number of nitrogens with one attached hydrogen (secondary N) is 3. The molecule has 0 bridgehead atoms. The second-order valence-corrected chi connectivity index (χ2v) is 4.68. The van der Waals surface area contributed by atoms with E-state index in [2.05, 4.69) is 16.0 Å². The molecule has 1 heterocycles. The molecular formula is C10H22ClN3O2. The van der Waals surface area contributed by atoms with Gasteiger partial charge in [0.2, 0.25) is 0 Å². The van der Waals surface area contributed by atoms with Crippen molar-refractivity contribution in [3.63, 3.8) is 0 Å². The van der Waals surface area contributed by atoms with Crippen molar-refractivity contribution >= 4 is 18.4 Å². The van der Waals surface area contributed by atoms with E-state index in [0.29, 0.717) is 12.6 Å². The zero-order chi connectivity index (χ0) is 11.3. The molecule has 0 aromatic carbocycles. The van der Waals surface area contributed by atoms with Crippen LogP contribution in [0.25, 0.3) is 0 Å². The minimum Gasteiger partial charge on any atom is -0.481 e. The lowest BCUT2D eigenvalue weighted by atomic mass is 9.94. The Bertz CT molecular complexity index is 218. The van der Waals surface area contributed by atoms with Crippen LogP contribution < -0.4 is 16.0 Å². The van der Waals surface area contributed by atoms with Crippen LogP contribution in [-0.2, 0) is 4.79 Å². The van der Waals surface area contributed by atoms with E-state index < -0.39 is 11.4 Å². The summed E-state index contributed by atoms with van der Waals surface area (Å²) in [7, 11) is 0. The zero-order valence-corrected chi connectivity index (χ0v) is 10.7. The fourth-order valence-corrected chi connectivity index (χ4v) is 1.49. The van der Waals surface area contributed by atoms with Crippen LogP contribution in [-0.4, -0.2) is 49.8 Å². The molecule has 16 heavy (non-hydrogen) atoms. The molecule has 0 spiro atoms. The molecule has 1 rings (SSSR count). The Labute approximate surface area is 103 Å². The number of halogens is 1. The second kappa shape index (κ2) is 7.06. The van der Waals surface area contributed by atoms with Gasteiger partial charge in [0.1, 0.15) is 0 Å². The third kappa shape index (κ3) is 5.12.